The lowest BCUT2D eigenvalue weighted by Crippen LogP contribution is -2.17. The Hall–Kier alpha value is -1.30. The quantitative estimate of drug-likeness (QED) is 0.487. The molecule has 0 aromatic heterocycles. The number of hydrogen-bond acceptors (Lipinski definition) is 0. The summed E-state index contributed by atoms with van der Waals surface area (Å²) in [5.74, 6) is 3.30. The van der Waals surface area contributed by atoms with Crippen LogP contribution < -0.4 is 0 Å². The van der Waals surface area contributed by atoms with Crippen LogP contribution in [0.4, 0.5) is 0 Å². The second-order valence-electron chi connectivity index (χ2n) is 7.78. The molecule has 0 radical (unpaired) electrons. The third-order valence-corrected chi connectivity index (χ3v) is 5.86. The molecule has 23 heavy (non-hydrogen) atoms. The monoisotopic (exact) mass is 310 g/mol. The van der Waals surface area contributed by atoms with E-state index in [9.17, 15) is 0 Å². The van der Waals surface area contributed by atoms with Crippen LogP contribution in [0, 0.1) is 23.7 Å². The highest BCUT2D eigenvalue weighted by molar-refractivity contribution is 5.85. The Morgan fingerprint density at radius 2 is 1.52 bits per heavy atom. The van der Waals surface area contributed by atoms with Crippen molar-refractivity contribution in [2.75, 3.05) is 0 Å². The Balaban J connectivity index is 1.96. The van der Waals surface area contributed by atoms with Gasteiger partial charge in [0, 0.05) is 0 Å². The SMILES string of the molecule is CCC(C[C@H](C)C(C)CCc1cccc2ccccc12)C(C)C. The minimum atomic E-state index is 0.793. The van der Waals surface area contributed by atoms with Crippen LogP contribution in [-0.4, -0.2) is 0 Å². The summed E-state index contributed by atoms with van der Waals surface area (Å²) >= 11 is 0. The molecule has 3 atom stereocenters. The van der Waals surface area contributed by atoms with Gasteiger partial charge in [0.15, 0.2) is 0 Å². The summed E-state index contributed by atoms with van der Waals surface area (Å²) in [4.78, 5) is 0. The minimum Gasteiger partial charge on any atom is -0.0651 e. The maximum absolute atomic E-state index is 2.46. The molecule has 0 amide bonds. The van der Waals surface area contributed by atoms with Crippen molar-refractivity contribution in [3.63, 3.8) is 0 Å². The van der Waals surface area contributed by atoms with E-state index >= 15 is 0 Å². The first-order valence-corrected chi connectivity index (χ1v) is 9.49. The van der Waals surface area contributed by atoms with Crippen molar-refractivity contribution in [1.29, 1.82) is 0 Å². The average molecular weight is 311 g/mol. The van der Waals surface area contributed by atoms with Gasteiger partial charge in [-0.1, -0.05) is 83.5 Å². The summed E-state index contributed by atoms with van der Waals surface area (Å²) in [5.41, 5.74) is 1.51. The van der Waals surface area contributed by atoms with Crippen LogP contribution >= 0.6 is 0 Å². The van der Waals surface area contributed by atoms with Crippen LogP contribution in [0.2, 0.25) is 0 Å². The van der Waals surface area contributed by atoms with Crippen LogP contribution in [0.15, 0.2) is 42.5 Å². The number of fused-ring (bicyclic) bond motifs is 1. The fraction of sp³-hybridized carbons (Fsp3) is 0.565. The molecule has 0 heterocycles. The smallest absolute Gasteiger partial charge is 0.0152 e. The maximum atomic E-state index is 2.46. The molecular formula is C23H34. The zero-order valence-corrected chi connectivity index (χ0v) is 15.7. The lowest BCUT2D eigenvalue weighted by molar-refractivity contribution is 0.244. The third-order valence-electron chi connectivity index (χ3n) is 5.86. The van der Waals surface area contributed by atoms with Gasteiger partial charge in [-0.2, -0.15) is 0 Å². The second-order valence-corrected chi connectivity index (χ2v) is 7.78. The van der Waals surface area contributed by atoms with Crippen molar-refractivity contribution in [1.82, 2.24) is 0 Å². The van der Waals surface area contributed by atoms with Crippen molar-refractivity contribution >= 4 is 10.8 Å². The zero-order chi connectivity index (χ0) is 16.8. The van der Waals surface area contributed by atoms with Gasteiger partial charge in [-0.3, -0.25) is 0 Å². The summed E-state index contributed by atoms with van der Waals surface area (Å²) < 4.78 is 0. The summed E-state index contributed by atoms with van der Waals surface area (Å²) in [6.07, 6.45) is 5.19. The molecule has 126 valence electrons. The van der Waals surface area contributed by atoms with Crippen molar-refractivity contribution in [3.8, 4) is 0 Å². The van der Waals surface area contributed by atoms with E-state index in [1.54, 1.807) is 0 Å². The van der Waals surface area contributed by atoms with Gasteiger partial charge in [0.25, 0.3) is 0 Å². The van der Waals surface area contributed by atoms with Gasteiger partial charge in [0.1, 0.15) is 0 Å². The normalized spacial score (nSPS) is 15.7. The summed E-state index contributed by atoms with van der Waals surface area (Å²) in [6, 6.07) is 15.5. The largest absolute Gasteiger partial charge is 0.0651 e. The maximum Gasteiger partial charge on any atom is -0.0152 e. The standard InChI is InChI=1S/C23H34/c1-6-20(17(2)3)16-19(5)18(4)14-15-22-12-9-11-21-10-7-8-13-23(21)22/h7-13,17-20H,6,14-16H2,1-5H3/t18?,19-,20?/m0/s1. The van der Waals surface area contributed by atoms with Gasteiger partial charge in [-0.05, 0) is 59.3 Å². The van der Waals surface area contributed by atoms with E-state index in [4.69, 9.17) is 0 Å². The lowest BCUT2D eigenvalue weighted by atomic mass is 9.79. The predicted octanol–water partition coefficient (Wildman–Crippen LogP) is 7.12. The molecular weight excluding hydrogens is 276 g/mol. The lowest BCUT2D eigenvalue weighted by Gasteiger charge is -2.27. The van der Waals surface area contributed by atoms with Crippen LogP contribution in [0.1, 0.15) is 59.4 Å². The van der Waals surface area contributed by atoms with E-state index in [2.05, 4.69) is 77.1 Å². The molecule has 0 spiro atoms. The first-order chi connectivity index (χ1) is 11.0. The molecule has 0 bridgehead atoms. The Labute approximate surface area is 143 Å². The highest BCUT2D eigenvalue weighted by Crippen LogP contribution is 2.30. The van der Waals surface area contributed by atoms with E-state index < -0.39 is 0 Å². The fourth-order valence-electron chi connectivity index (χ4n) is 3.80. The van der Waals surface area contributed by atoms with Crippen molar-refractivity contribution in [2.24, 2.45) is 23.7 Å². The second kappa shape index (κ2) is 8.52. The van der Waals surface area contributed by atoms with Gasteiger partial charge < -0.3 is 0 Å². The molecule has 0 N–H and O–H groups in total. The van der Waals surface area contributed by atoms with Gasteiger partial charge in [0.05, 0.1) is 0 Å². The highest BCUT2D eigenvalue weighted by atomic mass is 14.2. The summed E-state index contributed by atoms with van der Waals surface area (Å²) in [5, 5.41) is 2.81. The Morgan fingerprint density at radius 1 is 0.826 bits per heavy atom. The molecule has 0 aliphatic carbocycles. The highest BCUT2D eigenvalue weighted by Gasteiger charge is 2.19. The van der Waals surface area contributed by atoms with Crippen LogP contribution in [0.25, 0.3) is 10.8 Å². The first kappa shape index (κ1) is 18.0. The first-order valence-electron chi connectivity index (χ1n) is 9.49. The molecule has 0 saturated heterocycles. The van der Waals surface area contributed by atoms with Crippen molar-refractivity contribution < 1.29 is 0 Å². The topological polar surface area (TPSA) is 0 Å². The van der Waals surface area contributed by atoms with Crippen LogP contribution in [-0.2, 0) is 6.42 Å². The molecule has 2 aromatic rings. The van der Waals surface area contributed by atoms with Crippen LogP contribution in [0.5, 0.6) is 0 Å². The minimum absolute atomic E-state index is 0.793. The van der Waals surface area contributed by atoms with E-state index in [0.29, 0.717) is 0 Å². The molecule has 2 rings (SSSR count). The van der Waals surface area contributed by atoms with Crippen LogP contribution in [0.3, 0.4) is 0 Å². The van der Waals surface area contributed by atoms with Gasteiger partial charge in [0.2, 0.25) is 0 Å². The Morgan fingerprint density at radius 3 is 2.22 bits per heavy atom. The fourth-order valence-corrected chi connectivity index (χ4v) is 3.80. The summed E-state index contributed by atoms with van der Waals surface area (Å²) in [6.45, 7) is 12.0. The Bertz CT molecular complexity index is 591. The average Bonchev–Trinajstić information content (AvgIpc) is 2.56. The molecule has 0 saturated carbocycles. The van der Waals surface area contributed by atoms with E-state index in [1.807, 2.05) is 0 Å². The summed E-state index contributed by atoms with van der Waals surface area (Å²) in [7, 11) is 0. The number of aryl methyl sites for hydroxylation is 1. The molecule has 2 aromatic carbocycles. The number of rotatable bonds is 8. The third kappa shape index (κ3) is 4.83. The van der Waals surface area contributed by atoms with Gasteiger partial charge in [-0.25, -0.2) is 0 Å². The molecule has 0 heteroatoms. The molecule has 0 aliphatic heterocycles. The number of hydrogen-bond donors (Lipinski definition) is 0. The van der Waals surface area contributed by atoms with E-state index in [0.717, 1.165) is 23.7 Å². The van der Waals surface area contributed by atoms with E-state index in [1.165, 1.54) is 42.0 Å². The van der Waals surface area contributed by atoms with Crippen molar-refractivity contribution in [3.05, 3.63) is 48.0 Å². The molecule has 0 fully saturated rings. The predicted molar refractivity (Wildman–Crippen MR) is 104 cm³/mol. The molecule has 0 nitrogen and oxygen atoms in total. The van der Waals surface area contributed by atoms with Gasteiger partial charge >= 0.3 is 0 Å². The van der Waals surface area contributed by atoms with Gasteiger partial charge in [-0.15, -0.1) is 0 Å². The van der Waals surface area contributed by atoms with Crippen molar-refractivity contribution in [2.45, 2.75) is 60.3 Å². The number of benzene rings is 2. The zero-order valence-electron chi connectivity index (χ0n) is 15.7. The Kier molecular flexibility index (Phi) is 6.69. The van der Waals surface area contributed by atoms with E-state index in [-0.39, 0.29) is 0 Å². The molecule has 2 unspecified atom stereocenters. The molecule has 0 aliphatic rings.